The van der Waals surface area contributed by atoms with E-state index in [4.69, 9.17) is 4.74 Å². The molecule has 0 N–H and O–H groups in total. The van der Waals surface area contributed by atoms with Gasteiger partial charge in [-0.25, -0.2) is 4.68 Å². The van der Waals surface area contributed by atoms with E-state index in [1.165, 1.54) is 16.8 Å². The van der Waals surface area contributed by atoms with Crippen molar-refractivity contribution in [2.75, 3.05) is 6.61 Å². The number of rotatable bonds is 3. The van der Waals surface area contributed by atoms with Gasteiger partial charge in [0.1, 0.15) is 11.8 Å². The van der Waals surface area contributed by atoms with Crippen LogP contribution in [0.1, 0.15) is 40.7 Å². The molecule has 8 heteroatoms. The molecule has 1 aliphatic rings. The van der Waals surface area contributed by atoms with E-state index in [1.54, 1.807) is 0 Å². The van der Waals surface area contributed by atoms with Crippen molar-refractivity contribution in [3.8, 4) is 5.69 Å². The monoisotopic (exact) mass is 311 g/mol. The Morgan fingerprint density at radius 2 is 2.18 bits per heavy atom. The van der Waals surface area contributed by atoms with Gasteiger partial charge in [-0.05, 0) is 31.0 Å². The molecule has 1 aromatic carbocycles. The van der Waals surface area contributed by atoms with E-state index in [-0.39, 0.29) is 17.5 Å². The molecule has 0 aliphatic carbocycles. The minimum atomic E-state index is -4.45. The van der Waals surface area contributed by atoms with Crippen molar-refractivity contribution in [1.82, 2.24) is 15.0 Å². The lowest BCUT2D eigenvalue weighted by Crippen LogP contribution is -2.11. The quantitative estimate of drug-likeness (QED) is 0.818. The SMILES string of the molecule is O=Cc1nnn(-c2cccc(C(F)(F)F)c2)c1C1CCCO1. The van der Waals surface area contributed by atoms with Crippen LogP contribution in [0.2, 0.25) is 0 Å². The largest absolute Gasteiger partial charge is 0.416 e. The molecule has 1 aromatic heterocycles. The average Bonchev–Trinajstić information content (AvgIpc) is 3.15. The highest BCUT2D eigenvalue weighted by molar-refractivity contribution is 5.73. The molecule has 2 aromatic rings. The fourth-order valence-electron chi connectivity index (χ4n) is 2.48. The number of halogens is 3. The number of aromatic nitrogens is 3. The molecule has 116 valence electrons. The zero-order valence-corrected chi connectivity index (χ0v) is 11.4. The van der Waals surface area contributed by atoms with Crippen LogP contribution in [0.25, 0.3) is 5.69 Å². The first-order valence-corrected chi connectivity index (χ1v) is 6.70. The molecule has 2 heterocycles. The number of hydrogen-bond donors (Lipinski definition) is 0. The Bertz CT molecular complexity index is 691. The van der Waals surface area contributed by atoms with Crippen LogP contribution in [0.4, 0.5) is 13.2 Å². The van der Waals surface area contributed by atoms with Crippen molar-refractivity contribution in [2.24, 2.45) is 0 Å². The summed E-state index contributed by atoms with van der Waals surface area (Å²) in [5, 5.41) is 7.54. The van der Waals surface area contributed by atoms with Crippen LogP contribution >= 0.6 is 0 Å². The van der Waals surface area contributed by atoms with Crippen LogP contribution in [0.3, 0.4) is 0 Å². The lowest BCUT2D eigenvalue weighted by atomic mass is 10.1. The zero-order chi connectivity index (χ0) is 15.7. The number of aldehydes is 1. The van der Waals surface area contributed by atoms with Crippen molar-refractivity contribution in [3.63, 3.8) is 0 Å². The number of carbonyl (C=O) groups is 1. The molecule has 22 heavy (non-hydrogen) atoms. The minimum Gasteiger partial charge on any atom is -0.372 e. The van der Waals surface area contributed by atoms with Crippen LogP contribution < -0.4 is 0 Å². The van der Waals surface area contributed by atoms with Gasteiger partial charge in [-0.1, -0.05) is 11.3 Å². The smallest absolute Gasteiger partial charge is 0.372 e. The molecule has 1 fully saturated rings. The van der Waals surface area contributed by atoms with E-state index in [9.17, 15) is 18.0 Å². The first-order valence-electron chi connectivity index (χ1n) is 6.70. The number of carbonyl (C=O) groups excluding carboxylic acids is 1. The molecule has 1 saturated heterocycles. The molecule has 0 spiro atoms. The number of nitrogens with zero attached hydrogens (tertiary/aromatic N) is 3. The first-order chi connectivity index (χ1) is 10.5. The van der Waals surface area contributed by atoms with E-state index < -0.39 is 11.7 Å². The van der Waals surface area contributed by atoms with Gasteiger partial charge in [-0.3, -0.25) is 4.79 Å². The van der Waals surface area contributed by atoms with Crippen molar-refractivity contribution in [3.05, 3.63) is 41.2 Å². The molecule has 0 saturated carbocycles. The third kappa shape index (κ3) is 2.61. The Labute approximate surface area is 123 Å². The Morgan fingerprint density at radius 1 is 1.36 bits per heavy atom. The summed E-state index contributed by atoms with van der Waals surface area (Å²) in [5.41, 5.74) is -0.108. The second kappa shape index (κ2) is 5.53. The third-order valence-electron chi connectivity index (χ3n) is 3.50. The topological polar surface area (TPSA) is 57.0 Å². The van der Waals surface area contributed by atoms with Crippen molar-refractivity contribution < 1.29 is 22.7 Å². The lowest BCUT2D eigenvalue weighted by molar-refractivity contribution is -0.137. The number of hydrogen-bond acceptors (Lipinski definition) is 4. The maximum atomic E-state index is 12.8. The van der Waals surface area contributed by atoms with Gasteiger partial charge in [0.2, 0.25) is 0 Å². The molecule has 1 atom stereocenters. The molecule has 0 radical (unpaired) electrons. The van der Waals surface area contributed by atoms with E-state index in [2.05, 4.69) is 10.3 Å². The fraction of sp³-hybridized carbons (Fsp3) is 0.357. The Hall–Kier alpha value is -2.22. The van der Waals surface area contributed by atoms with Crippen LogP contribution in [0, 0.1) is 0 Å². The first kappa shape index (κ1) is 14.7. The zero-order valence-electron chi connectivity index (χ0n) is 11.4. The van der Waals surface area contributed by atoms with Gasteiger partial charge in [-0.15, -0.1) is 5.10 Å². The van der Waals surface area contributed by atoms with Crippen LogP contribution in [-0.2, 0) is 10.9 Å². The highest BCUT2D eigenvalue weighted by Gasteiger charge is 2.32. The maximum absolute atomic E-state index is 12.8. The minimum absolute atomic E-state index is 0.0873. The van der Waals surface area contributed by atoms with Gasteiger partial charge in [0, 0.05) is 6.61 Å². The van der Waals surface area contributed by atoms with Crippen molar-refractivity contribution >= 4 is 6.29 Å². The molecule has 0 bridgehead atoms. The molecule has 1 unspecified atom stereocenters. The third-order valence-corrected chi connectivity index (χ3v) is 3.50. The van der Waals surface area contributed by atoms with Crippen molar-refractivity contribution in [1.29, 1.82) is 0 Å². The summed E-state index contributed by atoms with van der Waals surface area (Å²) >= 11 is 0. The second-order valence-electron chi connectivity index (χ2n) is 4.94. The predicted molar refractivity (Wildman–Crippen MR) is 69.7 cm³/mol. The fourth-order valence-corrected chi connectivity index (χ4v) is 2.48. The molecule has 5 nitrogen and oxygen atoms in total. The highest BCUT2D eigenvalue weighted by Crippen LogP contribution is 2.33. The van der Waals surface area contributed by atoms with Gasteiger partial charge in [0.15, 0.2) is 12.0 Å². The van der Waals surface area contributed by atoms with E-state index in [1.807, 2.05) is 0 Å². The van der Waals surface area contributed by atoms with E-state index >= 15 is 0 Å². The average molecular weight is 311 g/mol. The molecule has 3 rings (SSSR count). The van der Waals surface area contributed by atoms with Gasteiger partial charge in [0.25, 0.3) is 0 Å². The van der Waals surface area contributed by atoms with Crippen LogP contribution in [-0.4, -0.2) is 27.9 Å². The summed E-state index contributed by atoms with van der Waals surface area (Å²) in [4.78, 5) is 11.1. The van der Waals surface area contributed by atoms with E-state index in [0.717, 1.165) is 18.6 Å². The Kier molecular flexibility index (Phi) is 3.69. The van der Waals surface area contributed by atoms with Gasteiger partial charge in [0.05, 0.1) is 11.3 Å². The summed E-state index contributed by atoms with van der Waals surface area (Å²) < 4.78 is 45.3. The normalized spacial score (nSPS) is 18.6. The van der Waals surface area contributed by atoms with Crippen molar-refractivity contribution in [2.45, 2.75) is 25.1 Å². The predicted octanol–water partition coefficient (Wildman–Crippen LogP) is 2.95. The second-order valence-corrected chi connectivity index (χ2v) is 4.94. The highest BCUT2D eigenvalue weighted by atomic mass is 19.4. The standard InChI is InChI=1S/C14H12F3N3O2/c15-14(16,17)9-3-1-4-10(7-9)20-13(11(8-21)18-19-20)12-5-2-6-22-12/h1,3-4,7-8,12H,2,5-6H2. The number of ether oxygens (including phenoxy) is 1. The lowest BCUT2D eigenvalue weighted by Gasteiger charge is -2.14. The van der Waals surface area contributed by atoms with Gasteiger partial charge >= 0.3 is 6.18 Å². The summed E-state index contributed by atoms with van der Waals surface area (Å²) in [7, 11) is 0. The Balaban J connectivity index is 2.09. The molecular weight excluding hydrogens is 299 g/mol. The number of alkyl halides is 3. The van der Waals surface area contributed by atoms with Crippen LogP contribution in [0.5, 0.6) is 0 Å². The Morgan fingerprint density at radius 3 is 2.82 bits per heavy atom. The molecule has 0 amide bonds. The van der Waals surface area contributed by atoms with Crippen LogP contribution in [0.15, 0.2) is 24.3 Å². The summed E-state index contributed by atoms with van der Waals surface area (Å²) in [6, 6.07) is 4.73. The maximum Gasteiger partial charge on any atom is 0.416 e. The summed E-state index contributed by atoms with van der Waals surface area (Å²) in [5.74, 6) is 0. The van der Waals surface area contributed by atoms with Gasteiger partial charge in [-0.2, -0.15) is 13.2 Å². The van der Waals surface area contributed by atoms with Gasteiger partial charge < -0.3 is 4.74 Å². The summed E-state index contributed by atoms with van der Waals surface area (Å²) in [6.07, 6.45) is -2.81. The molecular formula is C14H12F3N3O2. The molecule has 1 aliphatic heterocycles. The number of benzene rings is 1. The van der Waals surface area contributed by atoms with E-state index in [0.29, 0.717) is 25.0 Å². The summed E-state index contributed by atoms with van der Waals surface area (Å²) in [6.45, 7) is 0.538.